The standard InChI is InChI=1S/C29H36ClN5O4/c1-5-7-22(8-6-9-26(37)31-19-29(2,3)4)39-25-11-10-21(18-23(25)30)34-28-27-24(32-20-33-28)12-13-35(27)14-16-38-17-15-36/h5-8,10-13,18,20,36H,1,9,14-17,19H2,2-4H3,(H,31,37)(H,32,33,34). The zero-order valence-corrected chi connectivity index (χ0v) is 23.4. The number of amides is 1. The first-order chi connectivity index (χ1) is 18.7. The zero-order chi connectivity index (χ0) is 28.3. The Labute approximate surface area is 234 Å². The third-order valence-corrected chi connectivity index (χ3v) is 5.66. The number of nitrogens with one attached hydrogen (secondary N) is 2. The van der Waals surface area contributed by atoms with Crippen LogP contribution in [0.5, 0.6) is 5.75 Å². The van der Waals surface area contributed by atoms with Crippen molar-refractivity contribution in [2.45, 2.75) is 33.7 Å². The quantitative estimate of drug-likeness (QED) is 0.139. The maximum absolute atomic E-state index is 12.1. The Hall–Kier alpha value is -3.66. The molecule has 0 saturated carbocycles. The van der Waals surface area contributed by atoms with Gasteiger partial charge in [0.1, 0.15) is 23.4 Å². The number of aliphatic hydroxyl groups excluding tert-OH is 1. The maximum Gasteiger partial charge on any atom is 0.223 e. The summed E-state index contributed by atoms with van der Waals surface area (Å²) in [5.74, 6) is 1.51. The number of nitrogens with zero attached hydrogens (tertiary/aromatic N) is 3. The zero-order valence-electron chi connectivity index (χ0n) is 22.6. The summed E-state index contributed by atoms with van der Waals surface area (Å²) in [7, 11) is 0. The molecule has 0 unspecified atom stereocenters. The van der Waals surface area contributed by atoms with Gasteiger partial charge in [-0.2, -0.15) is 0 Å². The van der Waals surface area contributed by atoms with E-state index in [4.69, 9.17) is 26.2 Å². The predicted octanol–water partition coefficient (Wildman–Crippen LogP) is 5.39. The second-order valence-electron chi connectivity index (χ2n) is 9.92. The highest BCUT2D eigenvalue weighted by Crippen LogP contribution is 2.32. The molecule has 0 radical (unpaired) electrons. The number of benzene rings is 1. The molecule has 0 aliphatic rings. The van der Waals surface area contributed by atoms with E-state index in [-0.39, 0.29) is 24.3 Å². The van der Waals surface area contributed by atoms with Crippen LogP contribution in [0.4, 0.5) is 11.5 Å². The summed E-state index contributed by atoms with van der Waals surface area (Å²) < 4.78 is 13.4. The molecule has 1 amide bonds. The molecule has 0 saturated heterocycles. The van der Waals surface area contributed by atoms with Gasteiger partial charge in [0.2, 0.25) is 5.91 Å². The minimum atomic E-state index is -0.0600. The summed E-state index contributed by atoms with van der Waals surface area (Å²) in [6.45, 7) is 11.9. The molecule has 0 fully saturated rings. The molecule has 0 aliphatic heterocycles. The van der Waals surface area contributed by atoms with Crippen LogP contribution in [0.15, 0.2) is 73.4 Å². The Morgan fingerprint density at radius 1 is 1.23 bits per heavy atom. The number of carbonyl (C=O) groups is 1. The molecule has 0 aliphatic carbocycles. The molecule has 3 rings (SSSR count). The Balaban J connectivity index is 1.68. The van der Waals surface area contributed by atoms with Crippen LogP contribution in [0.25, 0.3) is 11.0 Å². The molecule has 0 spiro atoms. The summed E-state index contributed by atoms with van der Waals surface area (Å²) in [6.07, 6.45) is 10.4. The van der Waals surface area contributed by atoms with E-state index in [0.29, 0.717) is 48.7 Å². The van der Waals surface area contributed by atoms with E-state index < -0.39 is 0 Å². The monoisotopic (exact) mass is 553 g/mol. The Bertz CT molecular complexity index is 1330. The number of ether oxygens (including phenoxy) is 2. The van der Waals surface area contributed by atoms with Crippen LogP contribution in [0.3, 0.4) is 0 Å². The second kappa shape index (κ2) is 14.5. The Morgan fingerprint density at radius 2 is 2.05 bits per heavy atom. The molecule has 9 nitrogen and oxygen atoms in total. The molecule has 0 atom stereocenters. The lowest BCUT2D eigenvalue weighted by Crippen LogP contribution is -2.31. The van der Waals surface area contributed by atoms with E-state index in [2.05, 4.69) is 48.0 Å². The summed E-state index contributed by atoms with van der Waals surface area (Å²) >= 11 is 6.55. The number of hydrogen-bond donors (Lipinski definition) is 3. The van der Waals surface area contributed by atoms with Crippen LogP contribution in [0, 0.1) is 5.41 Å². The Kier molecular flexibility index (Phi) is 11.1. The molecule has 10 heteroatoms. The van der Waals surface area contributed by atoms with Gasteiger partial charge in [0.05, 0.1) is 30.4 Å². The fourth-order valence-corrected chi connectivity index (χ4v) is 3.74. The van der Waals surface area contributed by atoms with Gasteiger partial charge in [-0.1, -0.05) is 51.1 Å². The van der Waals surface area contributed by atoms with Crippen molar-refractivity contribution in [3.05, 3.63) is 78.5 Å². The number of anilines is 2. The van der Waals surface area contributed by atoms with E-state index in [1.165, 1.54) is 6.33 Å². The smallest absolute Gasteiger partial charge is 0.223 e. The average molecular weight is 554 g/mol. The van der Waals surface area contributed by atoms with Crippen LogP contribution in [-0.4, -0.2) is 51.9 Å². The highest BCUT2D eigenvalue weighted by Gasteiger charge is 2.13. The van der Waals surface area contributed by atoms with Gasteiger partial charge in [-0.05, 0) is 41.8 Å². The van der Waals surface area contributed by atoms with E-state index in [0.717, 1.165) is 16.7 Å². The number of carbonyl (C=O) groups excluding carboxylic acids is 1. The topological polar surface area (TPSA) is 111 Å². The first-order valence-electron chi connectivity index (χ1n) is 12.7. The third-order valence-electron chi connectivity index (χ3n) is 5.37. The number of hydrogen-bond acceptors (Lipinski definition) is 7. The fraction of sp³-hybridized carbons (Fsp3) is 0.345. The van der Waals surface area contributed by atoms with Crippen molar-refractivity contribution in [2.75, 3.05) is 31.7 Å². The number of allylic oxidation sites excluding steroid dienone is 3. The number of aliphatic hydroxyl groups is 1. The molecular weight excluding hydrogens is 518 g/mol. The molecule has 2 aromatic heterocycles. The van der Waals surface area contributed by atoms with Crippen LogP contribution < -0.4 is 15.4 Å². The van der Waals surface area contributed by atoms with Crippen molar-refractivity contribution in [1.82, 2.24) is 19.9 Å². The number of rotatable bonds is 14. The van der Waals surface area contributed by atoms with E-state index in [1.807, 2.05) is 22.9 Å². The van der Waals surface area contributed by atoms with Crippen molar-refractivity contribution in [3.63, 3.8) is 0 Å². The molecule has 3 N–H and O–H groups in total. The molecule has 1 aromatic carbocycles. The highest BCUT2D eigenvalue weighted by atomic mass is 35.5. The Morgan fingerprint density at radius 3 is 2.77 bits per heavy atom. The van der Waals surface area contributed by atoms with E-state index >= 15 is 0 Å². The first-order valence-corrected chi connectivity index (χ1v) is 13.1. The number of halogens is 1. The van der Waals surface area contributed by atoms with Crippen LogP contribution >= 0.6 is 11.6 Å². The van der Waals surface area contributed by atoms with E-state index in [9.17, 15) is 4.79 Å². The normalized spacial score (nSPS) is 12.2. The largest absolute Gasteiger partial charge is 0.456 e. The minimum absolute atomic E-state index is 0.0151. The summed E-state index contributed by atoms with van der Waals surface area (Å²) in [5.41, 5.74) is 2.36. The van der Waals surface area contributed by atoms with Gasteiger partial charge in [-0.3, -0.25) is 4.79 Å². The molecule has 3 aromatic rings. The van der Waals surface area contributed by atoms with Crippen LogP contribution in [0.1, 0.15) is 27.2 Å². The molecule has 0 bridgehead atoms. The van der Waals surface area contributed by atoms with Crippen molar-refractivity contribution in [2.24, 2.45) is 5.41 Å². The number of fused-ring (bicyclic) bond motifs is 1. The van der Waals surface area contributed by atoms with Gasteiger partial charge in [0, 0.05) is 31.4 Å². The SMILES string of the molecule is C=CC=C(C=CCC(=O)NCC(C)(C)C)Oc1ccc(Nc2ncnc3ccn(CCOCCO)c23)cc1Cl. The van der Waals surface area contributed by atoms with Gasteiger partial charge in [0.15, 0.2) is 5.82 Å². The second-order valence-corrected chi connectivity index (χ2v) is 10.3. The van der Waals surface area contributed by atoms with Crippen LogP contribution in [-0.2, 0) is 16.1 Å². The van der Waals surface area contributed by atoms with Crippen molar-refractivity contribution in [1.29, 1.82) is 0 Å². The molecular formula is C29H36ClN5O4. The predicted molar refractivity (Wildman–Crippen MR) is 155 cm³/mol. The minimum Gasteiger partial charge on any atom is -0.456 e. The van der Waals surface area contributed by atoms with Gasteiger partial charge >= 0.3 is 0 Å². The number of aromatic nitrogens is 3. The highest BCUT2D eigenvalue weighted by molar-refractivity contribution is 6.32. The van der Waals surface area contributed by atoms with E-state index in [1.54, 1.807) is 36.4 Å². The molecule has 39 heavy (non-hydrogen) atoms. The van der Waals surface area contributed by atoms with Crippen molar-refractivity contribution >= 4 is 40.0 Å². The van der Waals surface area contributed by atoms with Crippen molar-refractivity contribution < 1.29 is 19.4 Å². The average Bonchev–Trinajstić information content (AvgIpc) is 3.31. The lowest BCUT2D eigenvalue weighted by molar-refractivity contribution is -0.120. The molecule has 208 valence electrons. The van der Waals surface area contributed by atoms with Gasteiger partial charge in [-0.15, -0.1) is 0 Å². The van der Waals surface area contributed by atoms with Crippen LogP contribution in [0.2, 0.25) is 5.02 Å². The van der Waals surface area contributed by atoms with Gasteiger partial charge < -0.3 is 29.8 Å². The molecule has 2 heterocycles. The lowest BCUT2D eigenvalue weighted by Gasteiger charge is -2.18. The summed E-state index contributed by atoms with van der Waals surface area (Å²) in [5, 5.41) is 15.5. The third kappa shape index (κ3) is 9.55. The maximum atomic E-state index is 12.1. The van der Waals surface area contributed by atoms with Gasteiger partial charge in [-0.25, -0.2) is 9.97 Å². The van der Waals surface area contributed by atoms with Gasteiger partial charge in [0.25, 0.3) is 0 Å². The van der Waals surface area contributed by atoms with Crippen molar-refractivity contribution in [3.8, 4) is 5.75 Å². The first kappa shape index (κ1) is 29.9. The summed E-state index contributed by atoms with van der Waals surface area (Å²) in [4.78, 5) is 20.9. The lowest BCUT2D eigenvalue weighted by atomic mass is 9.97. The fourth-order valence-electron chi connectivity index (χ4n) is 3.52. The summed E-state index contributed by atoms with van der Waals surface area (Å²) in [6, 6.07) is 7.25.